The number of hydrogen-bond donors (Lipinski definition) is 2. The second-order valence-corrected chi connectivity index (χ2v) is 6.65. The summed E-state index contributed by atoms with van der Waals surface area (Å²) < 4.78 is 6.08. The lowest BCUT2D eigenvalue weighted by molar-refractivity contribution is 0.0150. The van der Waals surface area contributed by atoms with E-state index in [1.807, 2.05) is 23.1 Å². The topological polar surface area (TPSA) is 66.5 Å². The summed E-state index contributed by atoms with van der Waals surface area (Å²) in [6.07, 6.45) is 5.88. The molecule has 1 aromatic rings. The van der Waals surface area contributed by atoms with Gasteiger partial charge in [0.2, 0.25) is 0 Å². The van der Waals surface area contributed by atoms with Crippen LogP contribution in [0.2, 0.25) is 0 Å². The number of hydrogen-bond acceptors (Lipinski definition) is 4. The predicted molar refractivity (Wildman–Crippen MR) is 82.7 cm³/mol. The molecule has 0 bridgehead atoms. The van der Waals surface area contributed by atoms with Crippen LogP contribution in [0.4, 0.5) is 10.6 Å². The molecule has 2 saturated heterocycles. The Balaban J connectivity index is 1.33. The Hall–Kier alpha value is -1.82. The molecule has 118 valence electrons. The number of aromatic nitrogens is 1. The number of pyridine rings is 1. The summed E-state index contributed by atoms with van der Waals surface area (Å²) in [4.78, 5) is 18.3. The van der Waals surface area contributed by atoms with E-state index in [0.29, 0.717) is 19.2 Å². The van der Waals surface area contributed by atoms with E-state index in [1.165, 1.54) is 0 Å². The lowest BCUT2D eigenvalue weighted by atomic mass is 9.97. The van der Waals surface area contributed by atoms with Crippen molar-refractivity contribution in [3.05, 3.63) is 24.4 Å². The average molecular weight is 302 g/mol. The number of urea groups is 1. The minimum atomic E-state index is -0.173. The molecule has 1 aromatic heterocycles. The zero-order valence-electron chi connectivity index (χ0n) is 12.6. The van der Waals surface area contributed by atoms with Crippen molar-refractivity contribution >= 4 is 11.8 Å². The Morgan fingerprint density at radius 1 is 1.36 bits per heavy atom. The molecule has 6 nitrogen and oxygen atoms in total. The van der Waals surface area contributed by atoms with Gasteiger partial charge in [-0.15, -0.1) is 0 Å². The van der Waals surface area contributed by atoms with E-state index < -0.39 is 0 Å². The van der Waals surface area contributed by atoms with E-state index >= 15 is 0 Å². The van der Waals surface area contributed by atoms with Crippen molar-refractivity contribution in [3.63, 3.8) is 0 Å². The van der Waals surface area contributed by atoms with E-state index in [0.717, 1.165) is 38.0 Å². The average Bonchev–Trinajstić information content (AvgIpc) is 3.11. The minimum Gasteiger partial charge on any atom is -0.371 e. The van der Waals surface area contributed by atoms with Gasteiger partial charge in [-0.05, 0) is 31.4 Å². The molecule has 2 atom stereocenters. The van der Waals surface area contributed by atoms with Crippen molar-refractivity contribution in [3.8, 4) is 0 Å². The van der Waals surface area contributed by atoms with Crippen LogP contribution in [0.3, 0.4) is 0 Å². The normalized spacial score (nSPS) is 30.7. The maximum atomic E-state index is 12.1. The second-order valence-electron chi connectivity index (χ2n) is 6.65. The van der Waals surface area contributed by atoms with Crippen molar-refractivity contribution < 1.29 is 9.53 Å². The zero-order chi connectivity index (χ0) is 15.0. The van der Waals surface area contributed by atoms with Gasteiger partial charge in [0.25, 0.3) is 0 Å². The van der Waals surface area contributed by atoms with Crippen molar-refractivity contribution in [2.45, 2.75) is 43.4 Å². The highest BCUT2D eigenvalue weighted by Crippen LogP contribution is 2.36. The van der Waals surface area contributed by atoms with Gasteiger partial charge in [-0.3, -0.25) is 0 Å². The Labute approximate surface area is 130 Å². The van der Waals surface area contributed by atoms with Crippen LogP contribution in [0.15, 0.2) is 24.4 Å². The van der Waals surface area contributed by atoms with E-state index in [-0.39, 0.29) is 17.7 Å². The van der Waals surface area contributed by atoms with Gasteiger partial charge in [0.15, 0.2) is 0 Å². The highest BCUT2D eigenvalue weighted by Gasteiger charge is 2.47. The lowest BCUT2D eigenvalue weighted by Crippen LogP contribution is -2.42. The number of likely N-dealkylation sites (tertiary alicyclic amines) is 1. The summed E-state index contributed by atoms with van der Waals surface area (Å²) in [5, 5.41) is 6.48. The fraction of sp³-hybridized carbons (Fsp3) is 0.625. The molecule has 3 heterocycles. The highest BCUT2D eigenvalue weighted by atomic mass is 16.5. The standard InChI is InChI=1S/C16H22N4O2/c21-15(19-12-4-5-12)20-8-6-16(11-20)9-13(10-22-16)18-14-3-1-2-7-17-14/h1-3,7,12-13H,4-6,8-11H2,(H,17,18)(H,19,21)/t13-,16+/m1/s1. The molecule has 2 aliphatic heterocycles. The Morgan fingerprint density at radius 2 is 2.27 bits per heavy atom. The van der Waals surface area contributed by atoms with Crippen LogP contribution in [0.1, 0.15) is 25.7 Å². The maximum Gasteiger partial charge on any atom is 0.317 e. The van der Waals surface area contributed by atoms with Gasteiger partial charge >= 0.3 is 6.03 Å². The molecule has 0 aromatic carbocycles. The first-order chi connectivity index (χ1) is 10.7. The lowest BCUT2D eigenvalue weighted by Gasteiger charge is -2.23. The van der Waals surface area contributed by atoms with Gasteiger partial charge in [0, 0.05) is 25.2 Å². The predicted octanol–water partition coefficient (Wildman–Crippen LogP) is 1.60. The quantitative estimate of drug-likeness (QED) is 0.890. The largest absolute Gasteiger partial charge is 0.371 e. The number of ether oxygens (including phenoxy) is 1. The van der Waals surface area contributed by atoms with Crippen LogP contribution in [0.25, 0.3) is 0 Å². The Kier molecular flexibility index (Phi) is 3.41. The Morgan fingerprint density at radius 3 is 3.05 bits per heavy atom. The first-order valence-electron chi connectivity index (χ1n) is 8.09. The first kappa shape index (κ1) is 13.8. The van der Waals surface area contributed by atoms with Gasteiger partial charge in [-0.2, -0.15) is 0 Å². The van der Waals surface area contributed by atoms with Crippen molar-refractivity contribution in [2.24, 2.45) is 0 Å². The first-order valence-corrected chi connectivity index (χ1v) is 8.09. The fourth-order valence-electron chi connectivity index (χ4n) is 3.39. The third kappa shape index (κ3) is 2.88. The van der Waals surface area contributed by atoms with Crippen LogP contribution in [-0.4, -0.2) is 53.3 Å². The molecule has 1 spiro atoms. The molecule has 22 heavy (non-hydrogen) atoms. The summed E-state index contributed by atoms with van der Waals surface area (Å²) in [5.41, 5.74) is -0.173. The minimum absolute atomic E-state index is 0.0733. The van der Waals surface area contributed by atoms with Crippen molar-refractivity contribution in [1.29, 1.82) is 0 Å². The molecule has 1 saturated carbocycles. The van der Waals surface area contributed by atoms with Gasteiger partial charge in [-0.1, -0.05) is 6.07 Å². The third-order valence-corrected chi connectivity index (χ3v) is 4.73. The molecule has 1 aliphatic carbocycles. The second kappa shape index (κ2) is 5.43. The molecule has 2 amide bonds. The molecule has 0 unspecified atom stereocenters. The summed E-state index contributed by atoms with van der Waals surface area (Å²) >= 11 is 0. The molecule has 4 rings (SSSR count). The number of nitrogens with zero attached hydrogens (tertiary/aromatic N) is 2. The number of rotatable bonds is 3. The number of anilines is 1. The molecular weight excluding hydrogens is 280 g/mol. The van der Waals surface area contributed by atoms with Crippen LogP contribution in [0.5, 0.6) is 0 Å². The van der Waals surface area contributed by atoms with E-state index in [9.17, 15) is 4.79 Å². The van der Waals surface area contributed by atoms with Gasteiger partial charge in [-0.25, -0.2) is 9.78 Å². The molecule has 3 aliphatic rings. The number of carbonyl (C=O) groups is 1. The summed E-state index contributed by atoms with van der Waals surface area (Å²) in [6.45, 7) is 2.16. The van der Waals surface area contributed by atoms with Gasteiger partial charge < -0.3 is 20.3 Å². The van der Waals surface area contributed by atoms with Crippen LogP contribution in [-0.2, 0) is 4.74 Å². The van der Waals surface area contributed by atoms with E-state index in [1.54, 1.807) is 6.20 Å². The molecule has 3 fully saturated rings. The van der Waals surface area contributed by atoms with Crippen LogP contribution < -0.4 is 10.6 Å². The number of amides is 2. The third-order valence-electron chi connectivity index (χ3n) is 4.73. The summed E-state index contributed by atoms with van der Waals surface area (Å²) in [6, 6.07) is 6.60. The summed E-state index contributed by atoms with van der Waals surface area (Å²) in [7, 11) is 0. The van der Waals surface area contributed by atoms with E-state index in [2.05, 4.69) is 15.6 Å². The zero-order valence-corrected chi connectivity index (χ0v) is 12.6. The number of nitrogens with one attached hydrogen (secondary N) is 2. The number of carbonyl (C=O) groups excluding carboxylic acids is 1. The smallest absolute Gasteiger partial charge is 0.317 e. The fourth-order valence-corrected chi connectivity index (χ4v) is 3.39. The Bertz CT molecular complexity index is 548. The van der Waals surface area contributed by atoms with Gasteiger partial charge in [0.05, 0.1) is 24.8 Å². The monoisotopic (exact) mass is 302 g/mol. The van der Waals surface area contributed by atoms with E-state index in [4.69, 9.17) is 4.74 Å². The van der Waals surface area contributed by atoms with Crippen LogP contribution >= 0.6 is 0 Å². The van der Waals surface area contributed by atoms with Crippen molar-refractivity contribution in [2.75, 3.05) is 25.0 Å². The highest BCUT2D eigenvalue weighted by molar-refractivity contribution is 5.75. The van der Waals surface area contributed by atoms with Gasteiger partial charge in [0.1, 0.15) is 5.82 Å². The SMILES string of the molecule is O=C(NC1CC1)N1CC[C@]2(C[C@@H](Nc3ccccn3)CO2)C1. The molecule has 2 N–H and O–H groups in total. The maximum absolute atomic E-state index is 12.1. The van der Waals surface area contributed by atoms with Crippen LogP contribution in [0, 0.1) is 0 Å². The molecule has 6 heteroatoms. The molecule has 0 radical (unpaired) electrons. The van der Waals surface area contributed by atoms with Crippen molar-refractivity contribution in [1.82, 2.24) is 15.2 Å². The summed E-state index contributed by atoms with van der Waals surface area (Å²) in [5.74, 6) is 0.884. The molecular formula is C16H22N4O2.